The highest BCUT2D eigenvalue weighted by Gasteiger charge is 2.13. The monoisotopic (exact) mass is 173 g/mol. The molecule has 0 radical (unpaired) electrons. The predicted molar refractivity (Wildman–Crippen MR) is 48.9 cm³/mol. The summed E-state index contributed by atoms with van der Waals surface area (Å²) in [6.07, 6.45) is 2.19. The van der Waals surface area contributed by atoms with Crippen LogP contribution in [0.2, 0.25) is 0 Å². The van der Waals surface area contributed by atoms with Crippen LogP contribution >= 0.6 is 0 Å². The second kappa shape index (κ2) is 5.48. The Morgan fingerprint density at radius 1 is 1.42 bits per heavy atom. The van der Waals surface area contributed by atoms with Crippen molar-refractivity contribution in [2.45, 2.75) is 24.9 Å². The maximum absolute atomic E-state index is 5.67. The molecule has 0 aromatic rings. The number of ether oxygens (including phenoxy) is 1. The molecule has 1 aliphatic rings. The van der Waals surface area contributed by atoms with E-state index in [1.54, 1.807) is 0 Å². The third-order valence-electron chi connectivity index (χ3n) is 2.19. The van der Waals surface area contributed by atoms with Crippen LogP contribution in [-0.2, 0) is 4.74 Å². The first-order chi connectivity index (χ1) is 5.83. The van der Waals surface area contributed by atoms with Gasteiger partial charge in [-0.05, 0) is 12.8 Å². The van der Waals surface area contributed by atoms with Gasteiger partial charge in [0.1, 0.15) is 0 Å². The van der Waals surface area contributed by atoms with Gasteiger partial charge >= 0.3 is 0 Å². The third-order valence-corrected chi connectivity index (χ3v) is 2.19. The lowest BCUT2D eigenvalue weighted by atomic mass is 10.1. The molecule has 0 aromatic heterocycles. The normalized spacial score (nSPS) is 22.5. The van der Waals surface area contributed by atoms with E-state index in [1.165, 1.54) is 0 Å². The molecule has 1 rings (SSSR count). The fourth-order valence-corrected chi connectivity index (χ4v) is 1.30. The van der Waals surface area contributed by atoms with Gasteiger partial charge in [-0.1, -0.05) is 0 Å². The summed E-state index contributed by atoms with van der Waals surface area (Å²) in [6.45, 7) is 3.11. The fraction of sp³-hybridized carbons (Fsp3) is 1.00. The minimum Gasteiger partial charge on any atom is -0.381 e. The summed E-state index contributed by atoms with van der Waals surface area (Å²) in [4.78, 5) is 0. The first-order valence-electron chi connectivity index (χ1n) is 4.59. The first kappa shape index (κ1) is 9.92. The van der Waals surface area contributed by atoms with Crippen LogP contribution < -0.4 is 16.8 Å². The first-order valence-corrected chi connectivity index (χ1v) is 4.59. The van der Waals surface area contributed by atoms with Crippen LogP contribution in [0.5, 0.6) is 0 Å². The second-order valence-corrected chi connectivity index (χ2v) is 3.29. The molecule has 72 valence electrons. The van der Waals surface area contributed by atoms with E-state index in [9.17, 15) is 0 Å². The lowest BCUT2D eigenvalue weighted by Crippen LogP contribution is -2.45. The molecule has 1 atom stereocenters. The van der Waals surface area contributed by atoms with Crippen LogP contribution in [0, 0.1) is 0 Å². The number of nitrogens with one attached hydrogen (secondary N) is 1. The molecule has 4 nitrogen and oxygen atoms in total. The molecule has 0 saturated carbocycles. The van der Waals surface area contributed by atoms with Gasteiger partial charge in [-0.15, -0.1) is 0 Å². The topological polar surface area (TPSA) is 73.3 Å². The zero-order valence-electron chi connectivity index (χ0n) is 7.46. The molecule has 0 aliphatic carbocycles. The van der Waals surface area contributed by atoms with Crippen LogP contribution in [-0.4, -0.2) is 38.4 Å². The van der Waals surface area contributed by atoms with Crippen LogP contribution in [0.1, 0.15) is 12.8 Å². The van der Waals surface area contributed by atoms with Crippen molar-refractivity contribution in [3.8, 4) is 0 Å². The molecule has 0 aromatic carbocycles. The summed E-state index contributed by atoms with van der Waals surface area (Å²) in [5, 5.41) is 3.39. The highest BCUT2D eigenvalue weighted by Crippen LogP contribution is 2.05. The van der Waals surface area contributed by atoms with E-state index >= 15 is 0 Å². The summed E-state index contributed by atoms with van der Waals surface area (Å²) in [5.74, 6) is 0. The number of rotatable bonds is 4. The van der Waals surface area contributed by atoms with E-state index in [4.69, 9.17) is 16.2 Å². The summed E-state index contributed by atoms with van der Waals surface area (Å²) < 4.78 is 5.24. The van der Waals surface area contributed by atoms with Crippen LogP contribution in [0.25, 0.3) is 0 Å². The lowest BCUT2D eigenvalue weighted by Gasteiger charge is -2.24. The molecule has 1 heterocycles. The third kappa shape index (κ3) is 3.49. The van der Waals surface area contributed by atoms with Crippen LogP contribution in [0.3, 0.4) is 0 Å². The SMILES string of the molecule is NCC(N)CNC1CCOCC1. The van der Waals surface area contributed by atoms with Crippen LogP contribution in [0.15, 0.2) is 0 Å². The van der Waals surface area contributed by atoms with Crippen molar-refractivity contribution in [1.82, 2.24) is 5.32 Å². The van der Waals surface area contributed by atoms with Gasteiger partial charge in [0.2, 0.25) is 0 Å². The van der Waals surface area contributed by atoms with Crippen molar-refractivity contribution in [2.24, 2.45) is 11.5 Å². The number of hydrogen-bond donors (Lipinski definition) is 3. The van der Waals surface area contributed by atoms with E-state index in [0.29, 0.717) is 12.6 Å². The Morgan fingerprint density at radius 3 is 2.67 bits per heavy atom. The van der Waals surface area contributed by atoms with Crippen molar-refractivity contribution in [2.75, 3.05) is 26.3 Å². The molecule has 1 aliphatic heterocycles. The predicted octanol–water partition coefficient (Wildman–Crippen LogP) is -0.959. The molecule has 12 heavy (non-hydrogen) atoms. The molecule has 5 N–H and O–H groups in total. The smallest absolute Gasteiger partial charge is 0.0480 e. The minimum absolute atomic E-state index is 0.0906. The van der Waals surface area contributed by atoms with Crippen molar-refractivity contribution < 1.29 is 4.74 Å². The Kier molecular flexibility index (Phi) is 4.53. The zero-order valence-corrected chi connectivity index (χ0v) is 7.46. The Bertz CT molecular complexity index is 115. The summed E-state index contributed by atoms with van der Waals surface area (Å²) in [6, 6.07) is 0.671. The average Bonchev–Trinajstić information content (AvgIpc) is 2.16. The van der Waals surface area contributed by atoms with Gasteiger partial charge < -0.3 is 21.5 Å². The van der Waals surface area contributed by atoms with Gasteiger partial charge in [-0.3, -0.25) is 0 Å². The fourth-order valence-electron chi connectivity index (χ4n) is 1.30. The van der Waals surface area contributed by atoms with Crippen molar-refractivity contribution in [3.63, 3.8) is 0 Å². The Labute approximate surface area is 73.6 Å². The number of hydrogen-bond acceptors (Lipinski definition) is 4. The number of nitrogens with two attached hydrogens (primary N) is 2. The summed E-state index contributed by atoms with van der Waals surface area (Å²) >= 11 is 0. The molecule has 1 saturated heterocycles. The molecule has 1 fully saturated rings. The Hall–Kier alpha value is -0.160. The van der Waals surface area contributed by atoms with Crippen LogP contribution in [0.4, 0.5) is 0 Å². The van der Waals surface area contributed by atoms with Gasteiger partial charge in [-0.25, -0.2) is 0 Å². The maximum Gasteiger partial charge on any atom is 0.0480 e. The summed E-state index contributed by atoms with van der Waals surface area (Å²) in [7, 11) is 0. The van der Waals surface area contributed by atoms with Gasteiger partial charge in [0, 0.05) is 38.4 Å². The Balaban J connectivity index is 2.05. The van der Waals surface area contributed by atoms with E-state index in [1.807, 2.05) is 0 Å². The maximum atomic E-state index is 5.67. The Morgan fingerprint density at radius 2 is 2.08 bits per heavy atom. The van der Waals surface area contributed by atoms with Gasteiger partial charge in [0.05, 0.1) is 0 Å². The average molecular weight is 173 g/mol. The molecule has 1 unspecified atom stereocenters. The minimum atomic E-state index is 0.0906. The highest BCUT2D eigenvalue weighted by molar-refractivity contribution is 4.73. The van der Waals surface area contributed by atoms with Gasteiger partial charge in [0.25, 0.3) is 0 Å². The quantitative estimate of drug-likeness (QED) is 0.512. The lowest BCUT2D eigenvalue weighted by molar-refractivity contribution is 0.0777. The molecule has 0 amide bonds. The second-order valence-electron chi connectivity index (χ2n) is 3.29. The largest absolute Gasteiger partial charge is 0.381 e. The molecule has 0 bridgehead atoms. The van der Waals surface area contributed by atoms with Gasteiger partial charge in [-0.2, -0.15) is 0 Å². The van der Waals surface area contributed by atoms with E-state index < -0.39 is 0 Å². The molecule has 4 heteroatoms. The van der Waals surface area contributed by atoms with E-state index in [2.05, 4.69) is 5.32 Å². The van der Waals surface area contributed by atoms with E-state index in [0.717, 1.165) is 32.6 Å². The van der Waals surface area contributed by atoms with Crippen molar-refractivity contribution in [1.29, 1.82) is 0 Å². The van der Waals surface area contributed by atoms with Crippen molar-refractivity contribution >= 4 is 0 Å². The standard InChI is InChI=1S/C8H19N3O/c9-5-7(10)6-11-8-1-3-12-4-2-8/h7-8,11H,1-6,9-10H2. The zero-order chi connectivity index (χ0) is 8.81. The van der Waals surface area contributed by atoms with E-state index in [-0.39, 0.29) is 6.04 Å². The van der Waals surface area contributed by atoms with Gasteiger partial charge in [0.15, 0.2) is 0 Å². The summed E-state index contributed by atoms with van der Waals surface area (Å²) in [5.41, 5.74) is 11.1. The molecular formula is C8H19N3O. The highest BCUT2D eigenvalue weighted by atomic mass is 16.5. The van der Waals surface area contributed by atoms with Crippen molar-refractivity contribution in [3.05, 3.63) is 0 Å². The molecular weight excluding hydrogens is 154 g/mol. The molecule has 0 spiro atoms.